The lowest BCUT2D eigenvalue weighted by molar-refractivity contribution is -0.120. The third kappa shape index (κ3) is 5.07. The van der Waals surface area contributed by atoms with Crippen LogP contribution in [0.25, 0.3) is 0 Å². The molecule has 1 saturated carbocycles. The van der Waals surface area contributed by atoms with Crippen molar-refractivity contribution in [1.82, 2.24) is 10.2 Å². The first-order valence-corrected chi connectivity index (χ1v) is 7.17. The number of amides is 1. The van der Waals surface area contributed by atoms with Gasteiger partial charge in [-0.2, -0.15) is 0 Å². The Morgan fingerprint density at radius 1 is 1.35 bits per heavy atom. The molecule has 1 rings (SSSR count). The van der Waals surface area contributed by atoms with E-state index in [9.17, 15) is 4.79 Å². The Hall–Kier alpha value is -0.570. The lowest BCUT2D eigenvalue weighted by Gasteiger charge is -2.35. The van der Waals surface area contributed by atoms with Gasteiger partial charge in [0.1, 0.15) is 0 Å². The van der Waals surface area contributed by atoms with Gasteiger partial charge in [-0.25, -0.2) is 0 Å². The van der Waals surface area contributed by atoms with Crippen molar-refractivity contribution in [3.63, 3.8) is 0 Å². The summed E-state index contributed by atoms with van der Waals surface area (Å²) in [5.74, 6) is 0.702. The van der Waals surface area contributed by atoms with Gasteiger partial charge in [0.15, 0.2) is 0 Å². The first kappa shape index (κ1) is 14.5. The van der Waals surface area contributed by atoms with E-state index in [1.54, 1.807) is 0 Å². The number of nitrogens with zero attached hydrogens (tertiary/aromatic N) is 1. The van der Waals surface area contributed by atoms with Crippen molar-refractivity contribution in [3.05, 3.63) is 0 Å². The summed E-state index contributed by atoms with van der Waals surface area (Å²) in [6.07, 6.45) is 10.1. The minimum Gasteiger partial charge on any atom is -0.344 e. The molecular formula is C14H28N2O. The summed E-state index contributed by atoms with van der Waals surface area (Å²) in [4.78, 5) is 12.8. The van der Waals surface area contributed by atoms with Crippen molar-refractivity contribution in [1.29, 1.82) is 0 Å². The predicted molar refractivity (Wildman–Crippen MR) is 72.0 cm³/mol. The van der Waals surface area contributed by atoms with Crippen molar-refractivity contribution in [2.24, 2.45) is 5.92 Å². The van der Waals surface area contributed by atoms with E-state index in [1.807, 2.05) is 11.9 Å². The molecule has 0 bridgehead atoms. The average molecular weight is 240 g/mol. The van der Waals surface area contributed by atoms with Crippen LogP contribution < -0.4 is 5.32 Å². The Balaban J connectivity index is 2.38. The number of hydrogen-bond donors (Lipinski definition) is 1. The highest BCUT2D eigenvalue weighted by Gasteiger charge is 2.25. The number of likely N-dealkylation sites (N-methyl/N-ethyl adjacent to an activating group) is 1. The zero-order valence-corrected chi connectivity index (χ0v) is 11.5. The summed E-state index contributed by atoms with van der Waals surface area (Å²) in [5, 5.41) is 3.50. The van der Waals surface area contributed by atoms with Crippen LogP contribution in [0.3, 0.4) is 0 Å². The number of rotatable bonds is 8. The fourth-order valence-electron chi connectivity index (χ4n) is 2.79. The van der Waals surface area contributed by atoms with Crippen molar-refractivity contribution >= 4 is 6.41 Å². The van der Waals surface area contributed by atoms with Crippen molar-refractivity contribution in [2.75, 3.05) is 20.1 Å². The number of carbonyl (C=O) groups is 1. The van der Waals surface area contributed by atoms with E-state index in [0.717, 1.165) is 19.5 Å². The Bertz CT molecular complexity index is 202. The van der Waals surface area contributed by atoms with E-state index >= 15 is 0 Å². The highest BCUT2D eigenvalue weighted by molar-refractivity contribution is 5.47. The molecule has 1 fully saturated rings. The molecule has 3 nitrogen and oxygen atoms in total. The molecule has 1 atom stereocenters. The van der Waals surface area contributed by atoms with Crippen LogP contribution in [0.4, 0.5) is 0 Å². The van der Waals surface area contributed by atoms with Gasteiger partial charge >= 0.3 is 0 Å². The molecule has 0 aliphatic heterocycles. The van der Waals surface area contributed by atoms with Crippen LogP contribution in [0.2, 0.25) is 0 Å². The summed E-state index contributed by atoms with van der Waals surface area (Å²) in [7, 11) is 1.92. The monoisotopic (exact) mass is 240 g/mol. The second-order valence-electron chi connectivity index (χ2n) is 5.29. The van der Waals surface area contributed by atoms with Crippen molar-refractivity contribution in [3.8, 4) is 0 Å². The van der Waals surface area contributed by atoms with Gasteiger partial charge in [-0.3, -0.25) is 4.79 Å². The molecule has 0 saturated heterocycles. The highest BCUT2D eigenvalue weighted by atomic mass is 16.1. The molecule has 1 N–H and O–H groups in total. The van der Waals surface area contributed by atoms with Gasteiger partial charge in [0.05, 0.1) is 0 Å². The van der Waals surface area contributed by atoms with Gasteiger partial charge in [0, 0.05) is 19.6 Å². The zero-order chi connectivity index (χ0) is 12.5. The molecule has 0 spiro atoms. The topological polar surface area (TPSA) is 32.3 Å². The van der Waals surface area contributed by atoms with Crippen LogP contribution in [0, 0.1) is 5.92 Å². The first-order valence-electron chi connectivity index (χ1n) is 7.17. The Kier molecular flexibility index (Phi) is 7.25. The number of unbranched alkanes of at least 4 members (excludes halogenated alkanes) is 1. The van der Waals surface area contributed by atoms with Crippen LogP contribution in [-0.4, -0.2) is 37.5 Å². The van der Waals surface area contributed by atoms with Gasteiger partial charge in [0.25, 0.3) is 0 Å². The molecule has 0 radical (unpaired) electrons. The first-order chi connectivity index (χ1) is 8.29. The normalized spacial score (nSPS) is 18.9. The maximum absolute atomic E-state index is 11.0. The van der Waals surface area contributed by atoms with E-state index in [1.165, 1.54) is 44.9 Å². The molecule has 1 aliphatic rings. The van der Waals surface area contributed by atoms with E-state index in [-0.39, 0.29) is 0 Å². The number of nitrogens with one attached hydrogen (secondary N) is 1. The van der Waals surface area contributed by atoms with Gasteiger partial charge in [0.2, 0.25) is 6.41 Å². The van der Waals surface area contributed by atoms with Gasteiger partial charge in [-0.1, -0.05) is 32.6 Å². The zero-order valence-electron chi connectivity index (χ0n) is 11.5. The Morgan fingerprint density at radius 3 is 2.65 bits per heavy atom. The molecule has 1 amide bonds. The summed E-state index contributed by atoms with van der Waals surface area (Å²) in [6, 6.07) is 0.393. The van der Waals surface area contributed by atoms with Crippen LogP contribution in [0.15, 0.2) is 0 Å². The van der Waals surface area contributed by atoms with Crippen LogP contribution >= 0.6 is 0 Å². The largest absolute Gasteiger partial charge is 0.344 e. The Morgan fingerprint density at radius 2 is 2.06 bits per heavy atom. The highest BCUT2D eigenvalue weighted by Crippen LogP contribution is 2.28. The Labute approximate surface area is 106 Å². The second-order valence-corrected chi connectivity index (χ2v) is 5.29. The van der Waals surface area contributed by atoms with Crippen LogP contribution in [0.1, 0.15) is 51.9 Å². The van der Waals surface area contributed by atoms with Gasteiger partial charge in [-0.15, -0.1) is 0 Å². The summed E-state index contributed by atoms with van der Waals surface area (Å²) in [5.41, 5.74) is 0. The van der Waals surface area contributed by atoms with E-state index in [0.29, 0.717) is 12.0 Å². The molecular weight excluding hydrogens is 212 g/mol. The van der Waals surface area contributed by atoms with Crippen molar-refractivity contribution < 1.29 is 4.79 Å². The maximum atomic E-state index is 11.0. The molecule has 0 heterocycles. The van der Waals surface area contributed by atoms with Crippen LogP contribution in [-0.2, 0) is 4.79 Å². The molecule has 1 aliphatic carbocycles. The summed E-state index contributed by atoms with van der Waals surface area (Å²) >= 11 is 0. The van der Waals surface area contributed by atoms with Crippen molar-refractivity contribution in [2.45, 2.75) is 57.9 Å². The van der Waals surface area contributed by atoms with Crippen LogP contribution in [0.5, 0.6) is 0 Å². The van der Waals surface area contributed by atoms with E-state index in [2.05, 4.69) is 12.2 Å². The standard InChI is InChI=1S/C14H28N2O/c1-3-4-10-15-11-14(16(2)12-17)13-8-6-5-7-9-13/h12-15H,3-11H2,1-2H3. The number of hydrogen-bond acceptors (Lipinski definition) is 2. The molecule has 1 unspecified atom stereocenters. The lowest BCUT2D eigenvalue weighted by Crippen LogP contribution is -2.45. The quantitative estimate of drug-likeness (QED) is 0.522. The third-order valence-corrected chi connectivity index (χ3v) is 3.94. The molecule has 0 aromatic rings. The molecule has 17 heavy (non-hydrogen) atoms. The van der Waals surface area contributed by atoms with Gasteiger partial charge < -0.3 is 10.2 Å². The van der Waals surface area contributed by atoms with Gasteiger partial charge in [-0.05, 0) is 31.7 Å². The lowest BCUT2D eigenvalue weighted by atomic mass is 9.83. The second kappa shape index (κ2) is 8.51. The number of carbonyl (C=O) groups excluding carboxylic acids is 1. The maximum Gasteiger partial charge on any atom is 0.209 e. The third-order valence-electron chi connectivity index (χ3n) is 3.94. The fraction of sp³-hybridized carbons (Fsp3) is 0.929. The van der Waals surface area contributed by atoms with E-state index < -0.39 is 0 Å². The van der Waals surface area contributed by atoms with E-state index in [4.69, 9.17) is 0 Å². The smallest absolute Gasteiger partial charge is 0.209 e. The minimum absolute atomic E-state index is 0.393. The molecule has 3 heteroatoms. The summed E-state index contributed by atoms with van der Waals surface area (Å²) < 4.78 is 0. The summed E-state index contributed by atoms with van der Waals surface area (Å²) in [6.45, 7) is 4.24. The predicted octanol–water partition coefficient (Wildman–Crippen LogP) is 2.41. The molecule has 0 aromatic carbocycles. The molecule has 100 valence electrons. The molecule has 0 aromatic heterocycles. The average Bonchev–Trinajstić information content (AvgIpc) is 2.39. The fourth-order valence-corrected chi connectivity index (χ4v) is 2.79. The SMILES string of the molecule is CCCCNCC(C1CCCCC1)N(C)C=O. The minimum atomic E-state index is 0.393.